The average Bonchev–Trinajstić information content (AvgIpc) is 3.27. The first-order chi connectivity index (χ1) is 14.1. The second-order valence-corrected chi connectivity index (χ2v) is 7.00. The summed E-state index contributed by atoms with van der Waals surface area (Å²) in [6.45, 7) is 0.619. The summed E-state index contributed by atoms with van der Waals surface area (Å²) in [6.07, 6.45) is -0.481. The number of H-pyrrole nitrogens is 1. The number of nitrogens with one attached hydrogen (secondary N) is 1. The Balaban J connectivity index is 1.46. The van der Waals surface area contributed by atoms with Gasteiger partial charge in [-0.25, -0.2) is 4.98 Å². The maximum absolute atomic E-state index is 12.0. The van der Waals surface area contributed by atoms with Crippen LogP contribution in [0.2, 0.25) is 0 Å². The Morgan fingerprint density at radius 1 is 1.31 bits per heavy atom. The monoisotopic (exact) mass is 401 g/mol. The molecule has 3 aromatic rings. The van der Waals surface area contributed by atoms with E-state index in [0.717, 1.165) is 5.56 Å². The minimum atomic E-state index is -0.938. The molecule has 29 heavy (non-hydrogen) atoms. The smallest absolute Gasteiger partial charge is 0.280 e. The highest BCUT2D eigenvalue weighted by molar-refractivity contribution is 5.70. The minimum Gasteiger partial charge on any atom is -0.394 e. The van der Waals surface area contributed by atoms with Crippen molar-refractivity contribution >= 4 is 17.1 Å². The lowest BCUT2D eigenvalue weighted by atomic mass is 9.95. The maximum Gasteiger partial charge on any atom is 0.280 e. The molecule has 3 heterocycles. The summed E-state index contributed by atoms with van der Waals surface area (Å²) in [4.78, 5) is 22.5. The zero-order chi connectivity index (χ0) is 20.4. The van der Waals surface area contributed by atoms with Gasteiger partial charge >= 0.3 is 0 Å². The first-order valence-electron chi connectivity index (χ1n) is 9.37. The van der Waals surface area contributed by atoms with E-state index in [1.165, 1.54) is 10.9 Å². The summed E-state index contributed by atoms with van der Waals surface area (Å²) in [5, 5.41) is 20.6. The van der Waals surface area contributed by atoms with E-state index in [9.17, 15) is 15.0 Å². The van der Waals surface area contributed by atoms with Crippen LogP contribution < -0.4 is 11.3 Å². The Hall–Kier alpha value is -2.79. The summed E-state index contributed by atoms with van der Waals surface area (Å²) in [7, 11) is 0. The van der Waals surface area contributed by atoms with E-state index in [4.69, 9.17) is 15.2 Å². The third kappa shape index (κ3) is 3.87. The number of nitrogens with zero attached hydrogens (tertiary/aromatic N) is 3. The van der Waals surface area contributed by atoms with E-state index >= 15 is 0 Å². The highest BCUT2D eigenvalue weighted by atomic mass is 16.5. The molecule has 0 aliphatic carbocycles. The molecule has 10 heteroatoms. The van der Waals surface area contributed by atoms with Gasteiger partial charge in [0, 0.05) is 12.5 Å². The third-order valence-corrected chi connectivity index (χ3v) is 5.13. The first-order valence-corrected chi connectivity index (χ1v) is 9.37. The van der Waals surface area contributed by atoms with Gasteiger partial charge in [-0.15, -0.1) is 0 Å². The molecule has 4 atom stereocenters. The number of aliphatic hydroxyl groups is 2. The van der Waals surface area contributed by atoms with Gasteiger partial charge < -0.3 is 25.4 Å². The molecule has 5 N–H and O–H groups in total. The van der Waals surface area contributed by atoms with Crippen molar-refractivity contribution in [2.24, 2.45) is 5.92 Å². The number of benzene rings is 1. The third-order valence-electron chi connectivity index (χ3n) is 5.13. The fourth-order valence-electron chi connectivity index (χ4n) is 3.67. The molecule has 1 fully saturated rings. The first kappa shape index (κ1) is 19.5. The molecule has 2 aromatic heterocycles. The van der Waals surface area contributed by atoms with Crippen molar-refractivity contribution in [1.29, 1.82) is 0 Å². The highest BCUT2D eigenvalue weighted by Gasteiger charge is 2.44. The number of imidazole rings is 1. The topological polar surface area (TPSA) is 149 Å². The molecular formula is C19H23N5O5. The largest absolute Gasteiger partial charge is 0.394 e. The number of anilines is 1. The van der Waals surface area contributed by atoms with Gasteiger partial charge in [-0.1, -0.05) is 30.3 Å². The lowest BCUT2D eigenvalue weighted by Crippen LogP contribution is -2.29. The Bertz CT molecular complexity index is 1020. The van der Waals surface area contributed by atoms with Crippen LogP contribution >= 0.6 is 0 Å². The van der Waals surface area contributed by atoms with E-state index in [1.54, 1.807) is 0 Å². The highest BCUT2D eigenvalue weighted by Crippen LogP contribution is 2.36. The van der Waals surface area contributed by atoms with Crippen molar-refractivity contribution in [3.05, 3.63) is 52.6 Å². The number of aromatic amines is 1. The molecule has 1 aliphatic heterocycles. The maximum atomic E-state index is 12.0. The molecule has 0 bridgehead atoms. The summed E-state index contributed by atoms with van der Waals surface area (Å²) in [6, 6.07) is 9.79. The molecule has 1 aliphatic rings. The van der Waals surface area contributed by atoms with Crippen molar-refractivity contribution in [3.63, 3.8) is 0 Å². The summed E-state index contributed by atoms with van der Waals surface area (Å²) in [5.41, 5.74) is 6.54. The van der Waals surface area contributed by atoms with Gasteiger partial charge in [-0.05, 0) is 12.0 Å². The molecule has 4 rings (SSSR count). The quantitative estimate of drug-likeness (QED) is 0.410. The van der Waals surface area contributed by atoms with Crippen LogP contribution in [0.5, 0.6) is 0 Å². The molecular weight excluding hydrogens is 378 g/mol. The standard InChI is InChI=1S/C19H23N5O5/c20-19-22-16-14(17(27)23-19)21-10-24(16)18-15(26)12(13(8-25)29-18)6-7-28-9-11-4-2-1-3-5-11/h1-5,10,12-13,15,18,25-26H,6-9H2,(H3,20,22,23,27)/t12-,13-,15-,18-/m1/s1. The zero-order valence-electron chi connectivity index (χ0n) is 15.6. The van der Waals surface area contributed by atoms with Gasteiger partial charge in [0.2, 0.25) is 5.95 Å². The molecule has 0 amide bonds. The Morgan fingerprint density at radius 2 is 2.10 bits per heavy atom. The number of rotatable bonds is 7. The lowest BCUT2D eigenvalue weighted by Gasteiger charge is -2.19. The number of hydrogen-bond donors (Lipinski definition) is 4. The molecule has 154 valence electrons. The Labute approximate surface area is 165 Å². The second kappa shape index (κ2) is 8.29. The van der Waals surface area contributed by atoms with Crippen molar-refractivity contribution < 1.29 is 19.7 Å². The van der Waals surface area contributed by atoms with E-state index in [-0.39, 0.29) is 29.6 Å². The fourth-order valence-corrected chi connectivity index (χ4v) is 3.67. The van der Waals surface area contributed by atoms with E-state index in [0.29, 0.717) is 19.6 Å². The van der Waals surface area contributed by atoms with E-state index in [2.05, 4.69) is 15.0 Å². The number of fused-ring (bicyclic) bond motifs is 1. The molecule has 0 radical (unpaired) electrons. The number of aromatic nitrogens is 4. The minimum absolute atomic E-state index is 0.0543. The normalized spacial score (nSPS) is 24.3. The predicted octanol–water partition coefficient (Wildman–Crippen LogP) is 0.175. The van der Waals surface area contributed by atoms with Crippen LogP contribution in [0.25, 0.3) is 11.2 Å². The van der Waals surface area contributed by atoms with Gasteiger partial charge in [-0.3, -0.25) is 14.3 Å². The van der Waals surface area contributed by atoms with Gasteiger partial charge in [0.15, 0.2) is 17.4 Å². The van der Waals surface area contributed by atoms with Gasteiger partial charge in [-0.2, -0.15) is 4.98 Å². The number of nitrogen functional groups attached to an aromatic ring is 1. The van der Waals surface area contributed by atoms with Crippen LogP contribution in [0.3, 0.4) is 0 Å². The van der Waals surface area contributed by atoms with Crippen LogP contribution in [0.1, 0.15) is 18.2 Å². The molecule has 1 saturated heterocycles. The molecule has 0 unspecified atom stereocenters. The average molecular weight is 401 g/mol. The number of nitrogens with two attached hydrogens (primary N) is 1. The summed E-state index contributed by atoms with van der Waals surface area (Å²) >= 11 is 0. The SMILES string of the molecule is Nc1nc2c(ncn2[C@@H]2O[C@H](CO)[C@@H](CCOCc3ccccc3)[C@H]2O)c(=O)[nH]1. The molecule has 0 spiro atoms. The van der Waals surface area contributed by atoms with Crippen LogP contribution in [0.4, 0.5) is 5.95 Å². The van der Waals surface area contributed by atoms with Crippen LogP contribution in [0, 0.1) is 5.92 Å². The van der Waals surface area contributed by atoms with Gasteiger partial charge in [0.05, 0.1) is 25.6 Å². The van der Waals surface area contributed by atoms with E-state index in [1.807, 2.05) is 30.3 Å². The van der Waals surface area contributed by atoms with Crippen LogP contribution in [-0.4, -0.2) is 55.2 Å². The van der Waals surface area contributed by atoms with E-state index < -0.39 is 24.0 Å². The predicted molar refractivity (Wildman–Crippen MR) is 104 cm³/mol. The molecule has 10 nitrogen and oxygen atoms in total. The lowest BCUT2D eigenvalue weighted by molar-refractivity contribution is -0.0495. The fraction of sp³-hybridized carbons (Fsp3) is 0.421. The van der Waals surface area contributed by atoms with Crippen molar-refractivity contribution in [1.82, 2.24) is 19.5 Å². The van der Waals surface area contributed by atoms with Gasteiger partial charge in [0.25, 0.3) is 5.56 Å². The van der Waals surface area contributed by atoms with Crippen LogP contribution in [0.15, 0.2) is 41.5 Å². The number of aliphatic hydroxyl groups excluding tert-OH is 2. The van der Waals surface area contributed by atoms with Crippen LogP contribution in [-0.2, 0) is 16.1 Å². The van der Waals surface area contributed by atoms with Gasteiger partial charge in [0.1, 0.15) is 6.10 Å². The van der Waals surface area contributed by atoms with Crippen molar-refractivity contribution in [3.8, 4) is 0 Å². The number of ether oxygens (including phenoxy) is 2. The summed E-state index contributed by atoms with van der Waals surface area (Å²) < 4.78 is 13.0. The number of hydrogen-bond acceptors (Lipinski definition) is 8. The summed E-state index contributed by atoms with van der Waals surface area (Å²) in [5.74, 6) is -0.404. The second-order valence-electron chi connectivity index (χ2n) is 7.00. The van der Waals surface area contributed by atoms with Crippen molar-refractivity contribution in [2.75, 3.05) is 18.9 Å². The Morgan fingerprint density at radius 3 is 2.86 bits per heavy atom. The zero-order valence-corrected chi connectivity index (χ0v) is 15.6. The molecule has 0 saturated carbocycles. The molecule has 1 aromatic carbocycles. The van der Waals surface area contributed by atoms with Crippen molar-refractivity contribution in [2.45, 2.75) is 31.5 Å². The Kier molecular flexibility index (Phi) is 5.58.